The number of aromatic nitrogens is 2. The van der Waals surface area contributed by atoms with E-state index in [4.69, 9.17) is 5.73 Å². The second-order valence-electron chi connectivity index (χ2n) is 5.22. The third-order valence-electron chi connectivity index (χ3n) is 2.97. The summed E-state index contributed by atoms with van der Waals surface area (Å²) in [7, 11) is 0. The molecule has 0 bridgehead atoms. The van der Waals surface area contributed by atoms with Gasteiger partial charge >= 0.3 is 0 Å². The molecule has 0 aliphatic heterocycles. The van der Waals surface area contributed by atoms with E-state index in [1.54, 1.807) is 0 Å². The van der Waals surface area contributed by atoms with Crippen molar-refractivity contribution in [2.24, 2.45) is 5.73 Å². The lowest BCUT2D eigenvalue weighted by atomic mass is 10.0. The molecule has 0 atom stereocenters. The van der Waals surface area contributed by atoms with E-state index in [1.807, 2.05) is 42.5 Å². The van der Waals surface area contributed by atoms with Crippen molar-refractivity contribution in [1.82, 2.24) is 10.2 Å². The smallest absolute Gasteiger partial charge is 0.149 e. The highest BCUT2D eigenvalue weighted by Crippen LogP contribution is 2.19. The van der Waals surface area contributed by atoms with Gasteiger partial charge in [-0.1, -0.05) is 30.3 Å². The standard InChI is InChI=1S/C15H20N4/c1-15(2,10-11-16)17-14-9-8-13(18-19-14)12-6-4-3-5-7-12/h3-9H,10-11,16H2,1-2H3,(H,17,19). The Morgan fingerprint density at radius 3 is 2.37 bits per heavy atom. The van der Waals surface area contributed by atoms with Crippen molar-refractivity contribution in [3.63, 3.8) is 0 Å². The fourth-order valence-corrected chi connectivity index (χ4v) is 1.93. The zero-order chi connectivity index (χ0) is 13.7. The Kier molecular flexibility index (Phi) is 4.12. The number of nitrogens with one attached hydrogen (secondary N) is 1. The molecule has 0 spiro atoms. The summed E-state index contributed by atoms with van der Waals surface area (Å²) in [5, 5.41) is 11.8. The molecule has 2 rings (SSSR count). The highest BCUT2D eigenvalue weighted by Gasteiger charge is 2.16. The first-order valence-corrected chi connectivity index (χ1v) is 6.48. The third kappa shape index (κ3) is 3.76. The van der Waals surface area contributed by atoms with E-state index in [1.165, 1.54) is 0 Å². The number of nitrogens with zero attached hydrogens (tertiary/aromatic N) is 2. The Morgan fingerprint density at radius 2 is 1.79 bits per heavy atom. The summed E-state index contributed by atoms with van der Waals surface area (Å²) >= 11 is 0. The molecule has 0 amide bonds. The Bertz CT molecular complexity index is 505. The molecule has 0 fully saturated rings. The summed E-state index contributed by atoms with van der Waals surface area (Å²) in [6, 6.07) is 13.9. The summed E-state index contributed by atoms with van der Waals surface area (Å²) < 4.78 is 0. The van der Waals surface area contributed by atoms with Gasteiger partial charge in [0.05, 0.1) is 5.69 Å². The van der Waals surface area contributed by atoms with Crippen molar-refractivity contribution in [3.05, 3.63) is 42.5 Å². The summed E-state index contributed by atoms with van der Waals surface area (Å²) in [5.41, 5.74) is 7.47. The van der Waals surface area contributed by atoms with E-state index < -0.39 is 0 Å². The number of benzene rings is 1. The lowest BCUT2D eigenvalue weighted by Gasteiger charge is -2.25. The number of hydrogen-bond donors (Lipinski definition) is 2. The average molecular weight is 256 g/mol. The molecule has 0 unspecified atom stereocenters. The summed E-state index contributed by atoms with van der Waals surface area (Å²) in [6.45, 7) is 4.86. The number of rotatable bonds is 5. The maximum Gasteiger partial charge on any atom is 0.149 e. The Morgan fingerprint density at radius 1 is 1.05 bits per heavy atom. The van der Waals surface area contributed by atoms with Crippen LogP contribution < -0.4 is 11.1 Å². The number of nitrogens with two attached hydrogens (primary N) is 1. The topological polar surface area (TPSA) is 63.8 Å². The van der Waals surface area contributed by atoms with Crippen molar-refractivity contribution in [2.75, 3.05) is 11.9 Å². The van der Waals surface area contributed by atoms with Crippen molar-refractivity contribution in [2.45, 2.75) is 25.8 Å². The minimum atomic E-state index is -0.0717. The van der Waals surface area contributed by atoms with Crippen LogP contribution in [0.25, 0.3) is 11.3 Å². The van der Waals surface area contributed by atoms with Gasteiger partial charge in [0, 0.05) is 11.1 Å². The average Bonchev–Trinajstić information content (AvgIpc) is 2.40. The molecule has 4 heteroatoms. The Labute approximate surface area is 114 Å². The molecule has 0 saturated carbocycles. The van der Waals surface area contributed by atoms with Gasteiger partial charge in [-0.3, -0.25) is 0 Å². The van der Waals surface area contributed by atoms with Crippen molar-refractivity contribution in [3.8, 4) is 11.3 Å². The zero-order valence-electron chi connectivity index (χ0n) is 11.4. The van der Waals surface area contributed by atoms with Crippen molar-refractivity contribution in [1.29, 1.82) is 0 Å². The van der Waals surface area contributed by atoms with Crippen LogP contribution in [0.5, 0.6) is 0 Å². The predicted octanol–water partition coefficient (Wildman–Crippen LogP) is 2.68. The number of anilines is 1. The highest BCUT2D eigenvalue weighted by molar-refractivity contribution is 5.59. The van der Waals surface area contributed by atoms with E-state index >= 15 is 0 Å². The molecular formula is C15H20N4. The molecule has 100 valence electrons. The minimum Gasteiger partial charge on any atom is -0.364 e. The van der Waals surface area contributed by atoms with Crippen LogP contribution in [0.4, 0.5) is 5.82 Å². The molecular weight excluding hydrogens is 236 g/mol. The van der Waals surface area contributed by atoms with Crippen molar-refractivity contribution < 1.29 is 0 Å². The maximum absolute atomic E-state index is 5.59. The number of hydrogen-bond acceptors (Lipinski definition) is 4. The molecule has 1 heterocycles. The van der Waals surface area contributed by atoms with E-state index in [2.05, 4.69) is 29.4 Å². The van der Waals surface area contributed by atoms with Gasteiger partial charge in [-0.15, -0.1) is 10.2 Å². The van der Waals surface area contributed by atoms with Gasteiger partial charge < -0.3 is 11.1 Å². The van der Waals surface area contributed by atoms with Crippen LogP contribution in [0.15, 0.2) is 42.5 Å². The third-order valence-corrected chi connectivity index (χ3v) is 2.97. The van der Waals surface area contributed by atoms with Crippen LogP contribution in [-0.2, 0) is 0 Å². The highest BCUT2D eigenvalue weighted by atomic mass is 15.2. The largest absolute Gasteiger partial charge is 0.364 e. The molecule has 0 aliphatic carbocycles. The van der Waals surface area contributed by atoms with E-state index in [0.29, 0.717) is 6.54 Å². The molecule has 4 nitrogen and oxygen atoms in total. The first-order chi connectivity index (χ1) is 9.11. The molecule has 1 aromatic heterocycles. The van der Waals surface area contributed by atoms with Crippen molar-refractivity contribution >= 4 is 5.82 Å². The van der Waals surface area contributed by atoms with Gasteiger partial charge in [-0.2, -0.15) is 0 Å². The van der Waals surface area contributed by atoms with Crippen LogP contribution in [0, 0.1) is 0 Å². The molecule has 1 aromatic carbocycles. The fourth-order valence-electron chi connectivity index (χ4n) is 1.93. The monoisotopic (exact) mass is 256 g/mol. The first kappa shape index (κ1) is 13.5. The van der Waals surface area contributed by atoms with Crippen LogP contribution in [0.2, 0.25) is 0 Å². The summed E-state index contributed by atoms with van der Waals surface area (Å²) in [4.78, 5) is 0. The predicted molar refractivity (Wildman–Crippen MR) is 78.8 cm³/mol. The van der Waals surface area contributed by atoms with Gasteiger partial charge in [0.1, 0.15) is 5.82 Å². The zero-order valence-corrected chi connectivity index (χ0v) is 11.4. The maximum atomic E-state index is 5.59. The summed E-state index contributed by atoms with van der Waals surface area (Å²) in [5.74, 6) is 0.776. The van der Waals surface area contributed by atoms with E-state index in [-0.39, 0.29) is 5.54 Å². The molecule has 0 saturated heterocycles. The molecule has 0 radical (unpaired) electrons. The van der Waals surface area contributed by atoms with Gasteiger partial charge in [-0.25, -0.2) is 0 Å². The van der Waals surface area contributed by atoms with Gasteiger partial charge in [0.2, 0.25) is 0 Å². The van der Waals surface area contributed by atoms with E-state index in [9.17, 15) is 0 Å². The summed E-state index contributed by atoms with van der Waals surface area (Å²) in [6.07, 6.45) is 0.884. The molecule has 3 N–H and O–H groups in total. The first-order valence-electron chi connectivity index (χ1n) is 6.48. The lowest BCUT2D eigenvalue weighted by Crippen LogP contribution is -2.33. The van der Waals surface area contributed by atoms with Crippen LogP contribution >= 0.6 is 0 Å². The molecule has 2 aromatic rings. The molecule has 19 heavy (non-hydrogen) atoms. The Hall–Kier alpha value is -1.94. The second kappa shape index (κ2) is 5.80. The fraction of sp³-hybridized carbons (Fsp3) is 0.333. The minimum absolute atomic E-state index is 0.0717. The lowest BCUT2D eigenvalue weighted by molar-refractivity contribution is 0.523. The van der Waals surface area contributed by atoms with Crippen LogP contribution in [0.3, 0.4) is 0 Å². The van der Waals surface area contributed by atoms with Gasteiger partial charge in [0.25, 0.3) is 0 Å². The SMILES string of the molecule is CC(C)(CCN)Nc1ccc(-c2ccccc2)nn1. The second-order valence-corrected chi connectivity index (χ2v) is 5.22. The van der Waals surface area contributed by atoms with Crippen LogP contribution in [-0.4, -0.2) is 22.3 Å². The Balaban J connectivity index is 2.11. The van der Waals surface area contributed by atoms with Gasteiger partial charge in [-0.05, 0) is 38.9 Å². The van der Waals surface area contributed by atoms with Gasteiger partial charge in [0.15, 0.2) is 0 Å². The van der Waals surface area contributed by atoms with Crippen LogP contribution in [0.1, 0.15) is 20.3 Å². The van der Waals surface area contributed by atoms with E-state index in [0.717, 1.165) is 23.5 Å². The quantitative estimate of drug-likeness (QED) is 0.863. The normalized spacial score (nSPS) is 11.3. The molecule has 0 aliphatic rings.